The monoisotopic (exact) mass is 376 g/mol. The van der Waals surface area contributed by atoms with Gasteiger partial charge in [0.25, 0.3) is 0 Å². The highest BCUT2D eigenvalue weighted by atomic mass is 79.9. The number of sulfonamides is 1. The van der Waals surface area contributed by atoms with Crippen LogP contribution in [0.15, 0.2) is 20.0 Å². The van der Waals surface area contributed by atoms with Crippen molar-refractivity contribution in [2.75, 3.05) is 13.1 Å². The minimum Gasteiger partial charge on any atom is -0.452 e. The molecule has 1 aliphatic heterocycles. The molecule has 0 atom stereocenters. The molecule has 1 saturated carbocycles. The zero-order valence-electron chi connectivity index (χ0n) is 12.1. The molecule has 118 valence electrons. The van der Waals surface area contributed by atoms with Gasteiger partial charge in [-0.1, -0.05) is 6.92 Å². The number of hydrogen-bond donors (Lipinski definition) is 1. The topological polar surface area (TPSA) is 62.6 Å². The number of piperidine rings is 1. The lowest BCUT2D eigenvalue weighted by Gasteiger charge is -2.28. The summed E-state index contributed by atoms with van der Waals surface area (Å²) in [5, 5.41) is 3.33. The molecule has 0 radical (unpaired) electrons. The molecule has 0 bridgehead atoms. The maximum atomic E-state index is 12.7. The molecule has 1 saturated heterocycles. The van der Waals surface area contributed by atoms with Crippen LogP contribution in [-0.4, -0.2) is 31.9 Å². The molecule has 1 aliphatic carbocycles. The van der Waals surface area contributed by atoms with Crippen LogP contribution in [0.3, 0.4) is 0 Å². The Bertz CT molecular complexity index is 602. The molecule has 1 N–H and O–H groups in total. The molecule has 1 aromatic heterocycles. The second-order valence-corrected chi connectivity index (χ2v) is 8.72. The van der Waals surface area contributed by atoms with E-state index < -0.39 is 10.0 Å². The Morgan fingerprint density at radius 1 is 1.33 bits per heavy atom. The molecule has 0 unspecified atom stereocenters. The summed E-state index contributed by atoms with van der Waals surface area (Å²) in [4.78, 5) is 0.254. The van der Waals surface area contributed by atoms with Crippen LogP contribution in [0.4, 0.5) is 0 Å². The van der Waals surface area contributed by atoms with E-state index in [9.17, 15) is 8.42 Å². The van der Waals surface area contributed by atoms with Crippen molar-refractivity contribution in [3.05, 3.63) is 16.5 Å². The largest absolute Gasteiger partial charge is 0.452 e. The van der Waals surface area contributed by atoms with Crippen molar-refractivity contribution < 1.29 is 12.8 Å². The lowest BCUT2D eigenvalue weighted by Crippen LogP contribution is -2.37. The van der Waals surface area contributed by atoms with Crippen molar-refractivity contribution in [1.82, 2.24) is 9.62 Å². The zero-order valence-corrected chi connectivity index (χ0v) is 14.5. The predicted octanol–water partition coefficient (Wildman–Crippen LogP) is 2.71. The van der Waals surface area contributed by atoms with Crippen molar-refractivity contribution in [3.63, 3.8) is 0 Å². The number of nitrogens with one attached hydrogen (secondary N) is 1. The quantitative estimate of drug-likeness (QED) is 0.857. The molecule has 1 aromatic rings. The Morgan fingerprint density at radius 3 is 2.62 bits per heavy atom. The first-order valence-electron chi connectivity index (χ1n) is 7.48. The Labute approximate surface area is 134 Å². The maximum absolute atomic E-state index is 12.7. The van der Waals surface area contributed by atoms with Crippen LogP contribution in [0.1, 0.15) is 38.4 Å². The Hall–Kier alpha value is -0.370. The van der Waals surface area contributed by atoms with Gasteiger partial charge in [0.1, 0.15) is 10.7 Å². The molecule has 2 fully saturated rings. The van der Waals surface area contributed by atoms with Gasteiger partial charge in [-0.15, -0.1) is 0 Å². The fourth-order valence-corrected chi connectivity index (χ4v) is 4.99. The van der Waals surface area contributed by atoms with Gasteiger partial charge in [-0.25, -0.2) is 8.42 Å². The van der Waals surface area contributed by atoms with E-state index in [1.165, 1.54) is 12.8 Å². The summed E-state index contributed by atoms with van der Waals surface area (Å²) in [5.74, 6) is 1.26. The van der Waals surface area contributed by atoms with E-state index in [0.29, 0.717) is 42.0 Å². The molecule has 7 heteroatoms. The smallest absolute Gasteiger partial charge is 0.247 e. The van der Waals surface area contributed by atoms with Crippen molar-refractivity contribution in [2.45, 2.75) is 50.1 Å². The Morgan fingerprint density at radius 2 is 2.00 bits per heavy atom. The average Bonchev–Trinajstić information content (AvgIpc) is 3.19. The molecule has 0 spiro atoms. The zero-order chi connectivity index (χ0) is 15.0. The van der Waals surface area contributed by atoms with Gasteiger partial charge < -0.3 is 9.73 Å². The molecule has 5 nitrogen and oxygen atoms in total. The van der Waals surface area contributed by atoms with Crippen LogP contribution < -0.4 is 5.32 Å². The highest BCUT2D eigenvalue weighted by molar-refractivity contribution is 9.10. The standard InChI is InChI=1S/C14H21BrN2O3S/c1-10-4-6-17(7-5-10)21(18,19)13-8-12(20-14(13)15)9-16-11-2-3-11/h8,10-11,16H,2-7,9H2,1H3. The van der Waals surface area contributed by atoms with E-state index in [1.54, 1.807) is 10.4 Å². The van der Waals surface area contributed by atoms with Crippen LogP contribution in [0, 0.1) is 5.92 Å². The summed E-state index contributed by atoms with van der Waals surface area (Å²) in [5.41, 5.74) is 0. The third-order valence-corrected chi connectivity index (χ3v) is 6.96. The summed E-state index contributed by atoms with van der Waals surface area (Å²) in [6, 6.07) is 2.21. The summed E-state index contributed by atoms with van der Waals surface area (Å²) in [6.45, 7) is 3.93. The first-order valence-corrected chi connectivity index (χ1v) is 9.72. The normalized spacial score (nSPS) is 21.8. The molecular weight excluding hydrogens is 356 g/mol. The second kappa shape index (κ2) is 6.02. The SMILES string of the molecule is CC1CCN(S(=O)(=O)c2cc(CNC3CC3)oc2Br)CC1. The number of rotatable bonds is 5. The summed E-state index contributed by atoms with van der Waals surface area (Å²) < 4.78 is 32.8. The summed E-state index contributed by atoms with van der Waals surface area (Å²) in [6.07, 6.45) is 4.23. The highest BCUT2D eigenvalue weighted by Gasteiger charge is 2.32. The average molecular weight is 377 g/mol. The van der Waals surface area contributed by atoms with Gasteiger partial charge in [-0.3, -0.25) is 0 Å². The Kier molecular flexibility index (Phi) is 4.45. The van der Waals surface area contributed by atoms with Crippen LogP contribution in [0.25, 0.3) is 0 Å². The Balaban J connectivity index is 1.74. The highest BCUT2D eigenvalue weighted by Crippen LogP contribution is 2.31. The van der Waals surface area contributed by atoms with Crippen molar-refractivity contribution >= 4 is 26.0 Å². The minimum atomic E-state index is -3.45. The predicted molar refractivity (Wildman–Crippen MR) is 83.4 cm³/mol. The van der Waals surface area contributed by atoms with E-state index in [2.05, 4.69) is 28.2 Å². The molecule has 3 rings (SSSR count). The van der Waals surface area contributed by atoms with Gasteiger partial charge in [-0.05, 0) is 47.5 Å². The van der Waals surface area contributed by atoms with Crippen LogP contribution in [-0.2, 0) is 16.6 Å². The minimum absolute atomic E-state index is 0.254. The van der Waals surface area contributed by atoms with Crippen molar-refractivity contribution in [3.8, 4) is 0 Å². The number of furan rings is 1. The maximum Gasteiger partial charge on any atom is 0.247 e. The van der Waals surface area contributed by atoms with E-state index in [0.717, 1.165) is 12.8 Å². The van der Waals surface area contributed by atoms with E-state index >= 15 is 0 Å². The third kappa shape index (κ3) is 3.52. The van der Waals surface area contributed by atoms with Gasteiger partial charge in [-0.2, -0.15) is 4.31 Å². The summed E-state index contributed by atoms with van der Waals surface area (Å²) >= 11 is 3.25. The van der Waals surface area contributed by atoms with Crippen LogP contribution >= 0.6 is 15.9 Å². The van der Waals surface area contributed by atoms with Gasteiger partial charge in [0.05, 0.1) is 6.54 Å². The fourth-order valence-electron chi connectivity index (χ4n) is 2.56. The lowest BCUT2D eigenvalue weighted by molar-refractivity contribution is 0.287. The van der Waals surface area contributed by atoms with Crippen LogP contribution in [0.2, 0.25) is 0 Å². The lowest BCUT2D eigenvalue weighted by atomic mass is 10.0. The van der Waals surface area contributed by atoms with E-state index in [-0.39, 0.29) is 4.90 Å². The number of nitrogens with zero attached hydrogens (tertiary/aromatic N) is 1. The van der Waals surface area contributed by atoms with Gasteiger partial charge >= 0.3 is 0 Å². The summed E-state index contributed by atoms with van der Waals surface area (Å²) in [7, 11) is -3.45. The molecule has 2 heterocycles. The van der Waals surface area contributed by atoms with Crippen LogP contribution in [0.5, 0.6) is 0 Å². The van der Waals surface area contributed by atoms with Gasteiger partial charge in [0.15, 0.2) is 4.67 Å². The van der Waals surface area contributed by atoms with Crippen molar-refractivity contribution in [2.24, 2.45) is 5.92 Å². The van der Waals surface area contributed by atoms with Crippen molar-refractivity contribution in [1.29, 1.82) is 0 Å². The molecule has 0 amide bonds. The second-order valence-electron chi connectivity index (χ2n) is 6.09. The molecule has 21 heavy (non-hydrogen) atoms. The fraction of sp³-hybridized carbons (Fsp3) is 0.714. The van der Waals surface area contributed by atoms with E-state index in [1.807, 2.05) is 0 Å². The third-order valence-electron chi connectivity index (χ3n) is 4.21. The van der Waals surface area contributed by atoms with Gasteiger partial charge in [0, 0.05) is 25.2 Å². The first-order chi connectivity index (χ1) is 9.96. The first kappa shape index (κ1) is 15.5. The molecular formula is C14H21BrN2O3S. The number of halogens is 1. The molecule has 2 aliphatic rings. The molecule has 0 aromatic carbocycles. The number of hydrogen-bond acceptors (Lipinski definition) is 4. The van der Waals surface area contributed by atoms with Gasteiger partial charge in [0.2, 0.25) is 10.0 Å². The van der Waals surface area contributed by atoms with E-state index in [4.69, 9.17) is 4.42 Å².